The van der Waals surface area contributed by atoms with Crippen LogP contribution in [0.4, 0.5) is 11.4 Å². The predicted molar refractivity (Wildman–Crippen MR) is 191 cm³/mol. The lowest BCUT2D eigenvalue weighted by Crippen LogP contribution is -2.74. The largest absolute Gasteiger partial charge is 0.507 e. The Morgan fingerprint density at radius 3 is 2.30 bits per heavy atom. The van der Waals surface area contributed by atoms with Crippen molar-refractivity contribution >= 4 is 29.1 Å². The highest BCUT2D eigenvalue weighted by Gasteiger charge is 2.55. The number of anilines is 2. The average Bonchev–Trinajstić information content (AvgIpc) is 3.09. The molecule has 0 radical (unpaired) electrons. The molecule has 5 saturated heterocycles. The Morgan fingerprint density at radius 1 is 0.900 bits per heavy atom. The number of carbonyl (C=O) groups excluding carboxylic acids is 3. The Balaban J connectivity index is 0.762. The molecule has 0 bridgehead atoms. The second-order valence-electron chi connectivity index (χ2n) is 15.7. The van der Waals surface area contributed by atoms with E-state index in [0.717, 1.165) is 83.0 Å². The maximum absolute atomic E-state index is 13.7. The van der Waals surface area contributed by atoms with Crippen LogP contribution in [0.15, 0.2) is 60.8 Å². The molecule has 5 aliphatic heterocycles. The van der Waals surface area contributed by atoms with Crippen LogP contribution in [-0.2, 0) is 14.4 Å². The van der Waals surface area contributed by atoms with Crippen molar-refractivity contribution in [3.8, 4) is 17.0 Å². The van der Waals surface area contributed by atoms with Crippen molar-refractivity contribution in [1.82, 2.24) is 25.3 Å². The molecule has 1 atom stereocenters. The first-order valence-corrected chi connectivity index (χ1v) is 18.2. The first-order valence-electron chi connectivity index (χ1n) is 18.2. The number of aromatic nitrogens is 2. The number of rotatable bonds is 7. The second-order valence-corrected chi connectivity index (χ2v) is 15.7. The van der Waals surface area contributed by atoms with Gasteiger partial charge in [0.2, 0.25) is 17.7 Å². The number of aromatic hydroxyl groups is 1. The van der Waals surface area contributed by atoms with Crippen molar-refractivity contribution in [2.75, 3.05) is 68.7 Å². The molecule has 8 rings (SSSR count). The molecule has 2 aromatic carbocycles. The zero-order valence-electron chi connectivity index (χ0n) is 28.9. The Labute approximate surface area is 293 Å². The van der Waals surface area contributed by atoms with Crippen LogP contribution in [0.1, 0.15) is 56.9 Å². The van der Waals surface area contributed by atoms with Crippen molar-refractivity contribution in [3.05, 3.63) is 66.4 Å². The van der Waals surface area contributed by atoms with Crippen LogP contribution < -0.4 is 15.1 Å². The summed E-state index contributed by atoms with van der Waals surface area (Å²) in [5, 5.41) is 21.2. The highest BCUT2D eigenvalue weighted by Crippen LogP contribution is 2.44. The highest BCUT2D eigenvalue weighted by atomic mass is 16.3. The Kier molecular flexibility index (Phi) is 8.49. The number of amides is 3. The maximum atomic E-state index is 13.7. The number of hydrogen-bond acceptors (Lipinski definition) is 9. The number of phenols is 1. The SMILES string of the molecule is CC1(C(=O)N2CC3(CN(CC4CCN(c5ccc([C@H]6CCC(=O)NC6=O)cc5)CC4)C3)C2)CCN(c2cnnc(-c3ccccc3O)c2)CC1. The van der Waals surface area contributed by atoms with E-state index >= 15 is 0 Å². The van der Waals surface area contributed by atoms with Crippen LogP contribution in [0.2, 0.25) is 0 Å². The lowest BCUT2D eigenvalue weighted by molar-refractivity contribution is -0.170. The first-order chi connectivity index (χ1) is 24.2. The van der Waals surface area contributed by atoms with Crippen molar-refractivity contribution < 1.29 is 19.5 Å². The van der Waals surface area contributed by atoms with Crippen LogP contribution in [-0.4, -0.2) is 102 Å². The molecule has 6 heterocycles. The molecule has 11 nitrogen and oxygen atoms in total. The molecular formula is C39H47N7O4. The van der Waals surface area contributed by atoms with Gasteiger partial charge in [-0.05, 0) is 73.9 Å². The van der Waals surface area contributed by atoms with E-state index in [2.05, 4.69) is 54.2 Å². The van der Waals surface area contributed by atoms with Gasteiger partial charge in [0, 0.05) is 87.4 Å². The van der Waals surface area contributed by atoms with Crippen LogP contribution in [0.25, 0.3) is 11.3 Å². The number of nitrogens with zero attached hydrogens (tertiary/aromatic N) is 6. The van der Waals surface area contributed by atoms with E-state index in [1.54, 1.807) is 18.3 Å². The van der Waals surface area contributed by atoms with Crippen molar-refractivity contribution in [2.24, 2.45) is 16.7 Å². The topological polar surface area (TPSA) is 122 Å². The van der Waals surface area contributed by atoms with E-state index in [1.165, 1.54) is 18.5 Å². The smallest absolute Gasteiger partial charge is 0.234 e. The minimum Gasteiger partial charge on any atom is -0.507 e. The Morgan fingerprint density at radius 2 is 1.60 bits per heavy atom. The number of nitrogens with one attached hydrogen (secondary N) is 1. The predicted octanol–water partition coefficient (Wildman–Crippen LogP) is 4.04. The fourth-order valence-electron chi connectivity index (χ4n) is 9.01. The quantitative estimate of drug-likeness (QED) is 0.357. The first kappa shape index (κ1) is 32.7. The average molecular weight is 678 g/mol. The molecule has 5 fully saturated rings. The van der Waals surface area contributed by atoms with Gasteiger partial charge in [0.05, 0.1) is 23.5 Å². The van der Waals surface area contributed by atoms with Gasteiger partial charge in [0.25, 0.3) is 0 Å². The third-order valence-electron chi connectivity index (χ3n) is 12.1. The number of hydrogen-bond donors (Lipinski definition) is 2. The summed E-state index contributed by atoms with van der Waals surface area (Å²) in [6, 6.07) is 17.5. The summed E-state index contributed by atoms with van der Waals surface area (Å²) < 4.78 is 0. The summed E-state index contributed by atoms with van der Waals surface area (Å²) in [4.78, 5) is 46.9. The Hall–Kier alpha value is -4.51. The van der Waals surface area contributed by atoms with Crippen LogP contribution in [0, 0.1) is 16.7 Å². The summed E-state index contributed by atoms with van der Waals surface area (Å²) in [5.41, 5.74) is 4.40. The second kappa shape index (κ2) is 13.0. The van der Waals surface area contributed by atoms with Gasteiger partial charge in [-0.3, -0.25) is 19.7 Å². The van der Waals surface area contributed by atoms with Gasteiger partial charge in [-0.2, -0.15) is 10.2 Å². The Bertz CT molecular complexity index is 1750. The van der Waals surface area contributed by atoms with Crippen molar-refractivity contribution in [1.29, 1.82) is 0 Å². The highest BCUT2D eigenvalue weighted by molar-refractivity contribution is 6.01. The number of benzene rings is 2. The molecule has 1 spiro atoms. The zero-order chi connectivity index (χ0) is 34.5. The van der Waals surface area contributed by atoms with Gasteiger partial charge >= 0.3 is 0 Å². The van der Waals surface area contributed by atoms with Gasteiger partial charge in [-0.1, -0.05) is 31.2 Å². The van der Waals surface area contributed by atoms with Crippen molar-refractivity contribution in [2.45, 2.75) is 51.4 Å². The molecule has 3 aromatic rings. The molecule has 0 saturated carbocycles. The lowest BCUT2D eigenvalue weighted by Gasteiger charge is -2.62. The van der Waals surface area contributed by atoms with E-state index < -0.39 is 0 Å². The van der Waals surface area contributed by atoms with E-state index in [0.29, 0.717) is 35.9 Å². The minimum absolute atomic E-state index is 0.176. The number of imide groups is 1. The van der Waals surface area contributed by atoms with E-state index in [4.69, 9.17) is 0 Å². The summed E-state index contributed by atoms with van der Waals surface area (Å²) in [6.07, 6.45) is 6.70. The van der Waals surface area contributed by atoms with E-state index in [1.807, 2.05) is 30.3 Å². The van der Waals surface area contributed by atoms with Crippen LogP contribution >= 0.6 is 0 Å². The zero-order valence-corrected chi connectivity index (χ0v) is 28.9. The molecule has 5 aliphatic rings. The van der Waals surface area contributed by atoms with E-state index in [-0.39, 0.29) is 34.3 Å². The molecular weight excluding hydrogens is 630 g/mol. The molecule has 2 N–H and O–H groups in total. The molecule has 262 valence electrons. The molecule has 50 heavy (non-hydrogen) atoms. The molecule has 0 unspecified atom stereocenters. The fraction of sp³-hybridized carbons (Fsp3) is 0.513. The van der Waals surface area contributed by atoms with Crippen molar-refractivity contribution in [3.63, 3.8) is 0 Å². The van der Waals surface area contributed by atoms with Gasteiger partial charge < -0.3 is 24.7 Å². The molecule has 0 aliphatic carbocycles. The molecule has 11 heteroatoms. The number of carbonyl (C=O) groups is 3. The molecule has 3 amide bonds. The number of piperidine rings is 3. The minimum atomic E-state index is -0.345. The summed E-state index contributed by atoms with van der Waals surface area (Å²) in [7, 11) is 0. The van der Waals surface area contributed by atoms with Crippen LogP contribution in [0.5, 0.6) is 5.75 Å². The summed E-state index contributed by atoms with van der Waals surface area (Å²) in [5.74, 6) is 0.589. The van der Waals surface area contributed by atoms with Gasteiger partial charge in [-0.15, -0.1) is 0 Å². The van der Waals surface area contributed by atoms with Gasteiger partial charge in [0.15, 0.2) is 0 Å². The number of likely N-dealkylation sites (tertiary alicyclic amines) is 2. The van der Waals surface area contributed by atoms with Gasteiger partial charge in [0.1, 0.15) is 5.75 Å². The van der Waals surface area contributed by atoms with E-state index in [9.17, 15) is 19.5 Å². The lowest BCUT2D eigenvalue weighted by atomic mass is 9.70. The third-order valence-corrected chi connectivity index (χ3v) is 12.1. The maximum Gasteiger partial charge on any atom is 0.234 e. The van der Waals surface area contributed by atoms with Gasteiger partial charge in [-0.25, -0.2) is 0 Å². The molecule has 1 aromatic heterocycles. The third kappa shape index (κ3) is 6.32. The number of para-hydroxylation sites is 1. The number of phenolic OH excluding ortho intramolecular Hbond substituents is 1. The summed E-state index contributed by atoms with van der Waals surface area (Å²) >= 11 is 0. The van der Waals surface area contributed by atoms with Crippen LogP contribution in [0.3, 0.4) is 0 Å². The summed E-state index contributed by atoms with van der Waals surface area (Å²) in [6.45, 7) is 10.9. The standard InChI is InChI=1S/C39H47N7O4/c1-38(14-18-45(19-15-38)30-20-33(42-40-21-30)32-4-2-3-5-34(32)47)37(50)46-25-39(26-46)23-43(24-39)22-27-12-16-44(17-13-27)29-8-6-28(7-9-29)31-10-11-35(48)41-36(31)49/h2-9,20-21,27,31,47H,10-19,22-26H2,1H3,(H,41,48,49)/t31-/m1/s1. The normalized spacial score (nSPS) is 23.7. The monoisotopic (exact) mass is 677 g/mol. The fourth-order valence-corrected chi connectivity index (χ4v) is 9.01.